The first kappa shape index (κ1) is 11.7. The number of amides is 1. The van der Waals surface area contributed by atoms with Crippen LogP contribution in [0.1, 0.15) is 26.3 Å². The van der Waals surface area contributed by atoms with Crippen LogP contribution in [0.5, 0.6) is 5.75 Å². The van der Waals surface area contributed by atoms with Crippen LogP contribution in [-0.2, 0) is 11.2 Å². The van der Waals surface area contributed by atoms with Crippen molar-refractivity contribution >= 4 is 11.9 Å². The zero-order valence-corrected chi connectivity index (χ0v) is 10.2. The molecule has 2 rings (SSSR count). The SMILES string of the molecule is CC(C)(C)OC(=O)N1CCc2cc(O)cnc21. The van der Waals surface area contributed by atoms with Gasteiger partial charge in [-0.1, -0.05) is 0 Å². The largest absolute Gasteiger partial charge is 0.506 e. The third kappa shape index (κ3) is 2.49. The van der Waals surface area contributed by atoms with Crippen LogP contribution >= 0.6 is 0 Å². The summed E-state index contributed by atoms with van der Waals surface area (Å²) in [6.45, 7) is 6.02. The number of hydrogen-bond donors (Lipinski definition) is 1. The third-order valence-electron chi connectivity index (χ3n) is 2.40. The minimum Gasteiger partial charge on any atom is -0.506 e. The number of aromatic hydroxyl groups is 1. The van der Waals surface area contributed by atoms with Crippen LogP contribution in [-0.4, -0.2) is 28.3 Å². The maximum Gasteiger partial charge on any atom is 0.416 e. The molecule has 17 heavy (non-hydrogen) atoms. The molecule has 0 saturated heterocycles. The van der Waals surface area contributed by atoms with Gasteiger partial charge in [-0.05, 0) is 33.3 Å². The Labute approximate surface area is 100 Å². The Kier molecular flexibility index (Phi) is 2.69. The third-order valence-corrected chi connectivity index (χ3v) is 2.40. The van der Waals surface area contributed by atoms with Crippen LogP contribution < -0.4 is 4.90 Å². The lowest BCUT2D eigenvalue weighted by Crippen LogP contribution is -2.36. The monoisotopic (exact) mass is 236 g/mol. The average molecular weight is 236 g/mol. The predicted octanol–water partition coefficient (Wildman–Crippen LogP) is 2.08. The molecule has 1 amide bonds. The average Bonchev–Trinajstić information content (AvgIpc) is 2.57. The second-order valence-corrected chi connectivity index (χ2v) is 5.06. The van der Waals surface area contributed by atoms with E-state index in [0.717, 1.165) is 5.56 Å². The van der Waals surface area contributed by atoms with E-state index in [0.29, 0.717) is 18.8 Å². The molecule has 0 aliphatic carbocycles. The molecule has 0 saturated carbocycles. The molecule has 0 spiro atoms. The summed E-state index contributed by atoms with van der Waals surface area (Å²) in [6.07, 6.45) is 1.63. The number of carbonyl (C=O) groups is 1. The van der Waals surface area contributed by atoms with Gasteiger partial charge in [-0.2, -0.15) is 0 Å². The minimum atomic E-state index is -0.517. The van der Waals surface area contributed by atoms with Gasteiger partial charge in [0.2, 0.25) is 0 Å². The Morgan fingerprint density at radius 1 is 1.53 bits per heavy atom. The molecule has 0 aromatic carbocycles. The lowest BCUT2D eigenvalue weighted by atomic mass is 10.2. The van der Waals surface area contributed by atoms with Gasteiger partial charge in [-0.3, -0.25) is 4.90 Å². The summed E-state index contributed by atoms with van der Waals surface area (Å²) >= 11 is 0. The number of pyridine rings is 1. The van der Waals surface area contributed by atoms with Gasteiger partial charge in [-0.15, -0.1) is 0 Å². The van der Waals surface area contributed by atoms with Crippen LogP contribution in [0.2, 0.25) is 0 Å². The highest BCUT2D eigenvalue weighted by atomic mass is 16.6. The van der Waals surface area contributed by atoms with E-state index in [9.17, 15) is 9.90 Å². The summed E-state index contributed by atoms with van der Waals surface area (Å²) in [5.74, 6) is 0.701. The van der Waals surface area contributed by atoms with Crippen molar-refractivity contribution in [3.8, 4) is 5.75 Å². The molecule has 5 nitrogen and oxygen atoms in total. The summed E-state index contributed by atoms with van der Waals surface area (Å²) in [7, 11) is 0. The lowest BCUT2D eigenvalue weighted by molar-refractivity contribution is 0.0583. The van der Waals surface area contributed by atoms with E-state index >= 15 is 0 Å². The highest BCUT2D eigenvalue weighted by Crippen LogP contribution is 2.29. The molecule has 1 aromatic heterocycles. The number of rotatable bonds is 0. The van der Waals surface area contributed by atoms with Gasteiger partial charge in [0.25, 0.3) is 0 Å². The quantitative estimate of drug-likeness (QED) is 0.749. The first-order valence-electron chi connectivity index (χ1n) is 5.55. The number of nitrogens with zero attached hydrogens (tertiary/aromatic N) is 2. The first-order valence-corrected chi connectivity index (χ1v) is 5.55. The van der Waals surface area contributed by atoms with Gasteiger partial charge in [0.15, 0.2) is 0 Å². The molecule has 92 valence electrons. The fraction of sp³-hybridized carbons (Fsp3) is 0.500. The normalized spacial score (nSPS) is 14.6. The highest BCUT2D eigenvalue weighted by molar-refractivity contribution is 5.89. The number of hydrogen-bond acceptors (Lipinski definition) is 4. The Hall–Kier alpha value is -1.78. The summed E-state index contributed by atoms with van der Waals surface area (Å²) in [4.78, 5) is 17.5. The van der Waals surface area contributed by atoms with Crippen molar-refractivity contribution in [2.45, 2.75) is 32.8 Å². The fourth-order valence-electron chi connectivity index (χ4n) is 1.75. The Morgan fingerprint density at radius 3 is 2.88 bits per heavy atom. The van der Waals surface area contributed by atoms with E-state index in [1.165, 1.54) is 11.1 Å². The van der Waals surface area contributed by atoms with Crippen LogP contribution in [0.4, 0.5) is 10.6 Å². The van der Waals surface area contributed by atoms with Crippen molar-refractivity contribution in [2.24, 2.45) is 0 Å². The number of ether oxygens (including phenoxy) is 1. The summed E-state index contributed by atoms with van der Waals surface area (Å²) in [5.41, 5.74) is 0.354. The molecule has 0 unspecified atom stereocenters. The summed E-state index contributed by atoms with van der Waals surface area (Å²) < 4.78 is 5.29. The fourth-order valence-corrected chi connectivity index (χ4v) is 1.75. The van der Waals surface area contributed by atoms with Gasteiger partial charge in [0.1, 0.15) is 17.2 Å². The van der Waals surface area contributed by atoms with Crippen molar-refractivity contribution in [1.29, 1.82) is 0 Å². The molecule has 1 aliphatic rings. The Bertz CT molecular complexity index is 452. The van der Waals surface area contributed by atoms with E-state index in [2.05, 4.69) is 4.98 Å². The van der Waals surface area contributed by atoms with E-state index in [-0.39, 0.29) is 5.75 Å². The predicted molar refractivity (Wildman–Crippen MR) is 63.2 cm³/mol. The smallest absolute Gasteiger partial charge is 0.416 e. The van der Waals surface area contributed by atoms with Crippen molar-refractivity contribution in [3.63, 3.8) is 0 Å². The van der Waals surface area contributed by atoms with Gasteiger partial charge in [-0.25, -0.2) is 9.78 Å². The van der Waals surface area contributed by atoms with Crippen LogP contribution in [0.15, 0.2) is 12.3 Å². The van der Waals surface area contributed by atoms with Crippen molar-refractivity contribution in [3.05, 3.63) is 17.8 Å². The van der Waals surface area contributed by atoms with Gasteiger partial charge in [0, 0.05) is 12.1 Å². The molecule has 0 atom stereocenters. The Morgan fingerprint density at radius 2 is 2.24 bits per heavy atom. The second-order valence-electron chi connectivity index (χ2n) is 5.06. The van der Waals surface area contributed by atoms with Gasteiger partial charge < -0.3 is 9.84 Å². The van der Waals surface area contributed by atoms with Crippen molar-refractivity contribution in [1.82, 2.24) is 4.98 Å². The topological polar surface area (TPSA) is 62.7 Å². The number of aromatic nitrogens is 1. The molecule has 5 heteroatoms. The van der Waals surface area contributed by atoms with Crippen molar-refractivity contribution in [2.75, 3.05) is 11.4 Å². The first-order chi connectivity index (χ1) is 7.87. The van der Waals surface area contributed by atoms with E-state index in [1.807, 2.05) is 20.8 Å². The zero-order chi connectivity index (χ0) is 12.6. The van der Waals surface area contributed by atoms with Crippen LogP contribution in [0, 0.1) is 0 Å². The van der Waals surface area contributed by atoms with E-state index in [4.69, 9.17) is 4.74 Å². The molecule has 1 aromatic rings. The molecular weight excluding hydrogens is 220 g/mol. The van der Waals surface area contributed by atoms with Gasteiger partial charge >= 0.3 is 6.09 Å². The molecule has 1 N–H and O–H groups in total. The van der Waals surface area contributed by atoms with Crippen LogP contribution in [0.25, 0.3) is 0 Å². The molecule has 0 fully saturated rings. The standard InChI is InChI=1S/C12H16N2O3/c1-12(2,3)17-11(16)14-5-4-8-6-9(15)7-13-10(8)14/h6-7,15H,4-5H2,1-3H3. The molecule has 0 bridgehead atoms. The maximum absolute atomic E-state index is 11.9. The molecule has 2 heterocycles. The number of anilines is 1. The minimum absolute atomic E-state index is 0.120. The zero-order valence-electron chi connectivity index (χ0n) is 10.2. The summed E-state index contributed by atoms with van der Waals surface area (Å²) in [6, 6.07) is 1.63. The maximum atomic E-state index is 11.9. The van der Waals surface area contributed by atoms with Gasteiger partial charge in [0.05, 0.1) is 6.20 Å². The lowest BCUT2D eigenvalue weighted by Gasteiger charge is -2.24. The van der Waals surface area contributed by atoms with Crippen LogP contribution in [0.3, 0.4) is 0 Å². The highest BCUT2D eigenvalue weighted by Gasteiger charge is 2.30. The second kappa shape index (κ2) is 3.91. The number of carbonyl (C=O) groups excluding carboxylic acids is 1. The molecule has 1 aliphatic heterocycles. The molecular formula is C12H16N2O3. The number of fused-ring (bicyclic) bond motifs is 1. The van der Waals surface area contributed by atoms with Crippen molar-refractivity contribution < 1.29 is 14.6 Å². The molecule has 0 radical (unpaired) electrons. The Balaban J connectivity index is 2.20. The van der Waals surface area contributed by atoms with E-state index in [1.54, 1.807) is 6.07 Å². The van der Waals surface area contributed by atoms with E-state index < -0.39 is 11.7 Å². The summed E-state index contributed by atoms with van der Waals surface area (Å²) in [5, 5.41) is 9.31.